The number of hydrogen-bond donors (Lipinski definition) is 1. The van der Waals surface area contributed by atoms with Crippen LogP contribution < -0.4 is 5.32 Å². The number of likely N-dealkylation sites (tertiary alicyclic amines) is 1. The highest BCUT2D eigenvalue weighted by atomic mass is 19.4. The maximum Gasteiger partial charge on any atom is 0.416 e. The molecule has 1 aromatic carbocycles. The van der Waals surface area contributed by atoms with Crippen molar-refractivity contribution < 1.29 is 22.8 Å². The van der Waals surface area contributed by atoms with E-state index in [0.717, 1.165) is 37.8 Å². The summed E-state index contributed by atoms with van der Waals surface area (Å²) in [6.45, 7) is 0.184. The molecule has 3 rings (SSSR count). The van der Waals surface area contributed by atoms with Gasteiger partial charge in [-0.3, -0.25) is 9.59 Å². The zero-order valence-corrected chi connectivity index (χ0v) is 14.7. The molecule has 0 spiro atoms. The Balaban J connectivity index is 1.69. The van der Waals surface area contributed by atoms with Crippen LogP contribution in [0.15, 0.2) is 24.3 Å². The van der Waals surface area contributed by atoms with Crippen LogP contribution in [-0.4, -0.2) is 29.8 Å². The Morgan fingerprint density at radius 1 is 1.23 bits per heavy atom. The van der Waals surface area contributed by atoms with Gasteiger partial charge in [-0.1, -0.05) is 25.0 Å². The Bertz CT molecular complexity index is 687. The van der Waals surface area contributed by atoms with E-state index < -0.39 is 17.2 Å². The number of amides is 2. The third-order valence-corrected chi connectivity index (χ3v) is 5.82. The number of piperidine rings is 1. The second-order valence-electron chi connectivity index (χ2n) is 7.30. The summed E-state index contributed by atoms with van der Waals surface area (Å²) < 4.78 is 37.9. The normalized spacial score (nSPS) is 26.4. The standard InChI is InChI=1S/C19H23F3N2O2/c1-24-15-4-2-3-10-18(15,11-9-16(24)25)17(26)23-12-13-5-7-14(8-6-13)19(20,21)22/h5-8,15H,2-4,9-12H2,1H3,(H,23,26)/t15-,18-/m1/s1. The molecule has 7 heteroatoms. The quantitative estimate of drug-likeness (QED) is 0.888. The molecule has 2 fully saturated rings. The number of benzene rings is 1. The minimum absolute atomic E-state index is 0.0723. The first-order valence-electron chi connectivity index (χ1n) is 8.94. The third kappa shape index (κ3) is 3.44. The van der Waals surface area contributed by atoms with E-state index in [4.69, 9.17) is 0 Å². The molecule has 1 aliphatic carbocycles. The lowest BCUT2D eigenvalue weighted by molar-refractivity contribution is -0.153. The summed E-state index contributed by atoms with van der Waals surface area (Å²) >= 11 is 0. The van der Waals surface area contributed by atoms with Gasteiger partial charge in [-0.15, -0.1) is 0 Å². The molecule has 2 amide bonds. The predicted molar refractivity (Wildman–Crippen MR) is 90.0 cm³/mol. The lowest BCUT2D eigenvalue weighted by atomic mass is 9.64. The lowest BCUT2D eigenvalue weighted by Gasteiger charge is -2.50. The Labute approximate surface area is 150 Å². The first kappa shape index (κ1) is 18.7. The molecule has 1 aromatic rings. The fourth-order valence-electron chi connectivity index (χ4n) is 4.31. The molecule has 0 bridgehead atoms. The molecule has 1 heterocycles. The van der Waals surface area contributed by atoms with E-state index in [9.17, 15) is 22.8 Å². The van der Waals surface area contributed by atoms with Gasteiger partial charge in [0.2, 0.25) is 11.8 Å². The molecule has 2 aliphatic rings. The van der Waals surface area contributed by atoms with Crippen molar-refractivity contribution in [3.63, 3.8) is 0 Å². The number of carbonyl (C=O) groups is 2. The van der Waals surface area contributed by atoms with Crippen LogP contribution in [0.5, 0.6) is 0 Å². The van der Waals surface area contributed by atoms with Crippen molar-refractivity contribution in [2.45, 2.75) is 57.3 Å². The molecule has 0 aromatic heterocycles. The van der Waals surface area contributed by atoms with Crippen molar-refractivity contribution in [2.75, 3.05) is 7.05 Å². The zero-order valence-electron chi connectivity index (χ0n) is 14.7. The summed E-state index contributed by atoms with van der Waals surface area (Å²) in [5.74, 6) is -0.0236. The van der Waals surface area contributed by atoms with Gasteiger partial charge in [-0.25, -0.2) is 0 Å². The fourth-order valence-corrected chi connectivity index (χ4v) is 4.31. The number of nitrogens with zero attached hydrogens (tertiary/aromatic N) is 1. The number of alkyl halides is 3. The maximum absolute atomic E-state index is 13.0. The summed E-state index contributed by atoms with van der Waals surface area (Å²) in [5.41, 5.74) is -0.659. The highest BCUT2D eigenvalue weighted by Crippen LogP contribution is 2.46. The Kier molecular flexibility index (Phi) is 4.99. The minimum atomic E-state index is -4.37. The van der Waals surface area contributed by atoms with Crippen LogP contribution in [0.3, 0.4) is 0 Å². The topological polar surface area (TPSA) is 49.4 Å². The van der Waals surface area contributed by atoms with E-state index in [1.165, 1.54) is 12.1 Å². The molecule has 0 unspecified atom stereocenters. The van der Waals surface area contributed by atoms with Crippen molar-refractivity contribution in [1.29, 1.82) is 0 Å². The molecule has 1 saturated carbocycles. The van der Waals surface area contributed by atoms with Crippen LogP contribution in [-0.2, 0) is 22.3 Å². The smallest absolute Gasteiger partial charge is 0.351 e. The average Bonchev–Trinajstić information content (AvgIpc) is 2.62. The number of nitrogens with one attached hydrogen (secondary N) is 1. The van der Waals surface area contributed by atoms with Gasteiger partial charge in [-0.05, 0) is 37.0 Å². The third-order valence-electron chi connectivity index (χ3n) is 5.82. The molecule has 1 saturated heterocycles. The minimum Gasteiger partial charge on any atom is -0.351 e. The van der Waals surface area contributed by atoms with Gasteiger partial charge in [0.15, 0.2) is 0 Å². The van der Waals surface area contributed by atoms with E-state index in [-0.39, 0.29) is 24.4 Å². The van der Waals surface area contributed by atoms with Crippen LogP contribution >= 0.6 is 0 Å². The van der Waals surface area contributed by atoms with Crippen molar-refractivity contribution in [2.24, 2.45) is 5.41 Å². The van der Waals surface area contributed by atoms with Gasteiger partial charge in [0, 0.05) is 26.1 Å². The number of rotatable bonds is 3. The molecular formula is C19H23F3N2O2. The van der Waals surface area contributed by atoms with Crippen LogP contribution in [0, 0.1) is 5.41 Å². The number of fused-ring (bicyclic) bond motifs is 1. The number of halogens is 3. The number of carbonyl (C=O) groups excluding carboxylic acids is 2. The van der Waals surface area contributed by atoms with Crippen molar-refractivity contribution in [1.82, 2.24) is 10.2 Å². The van der Waals surface area contributed by atoms with Gasteiger partial charge >= 0.3 is 6.18 Å². The SMILES string of the molecule is CN1C(=O)CC[C@]2(C(=O)NCc3ccc(C(F)(F)F)cc3)CCCC[C@@H]12. The summed E-state index contributed by atoms with van der Waals surface area (Å²) in [6, 6.07) is 4.72. The monoisotopic (exact) mass is 368 g/mol. The molecule has 26 heavy (non-hydrogen) atoms. The van der Waals surface area contributed by atoms with Crippen LogP contribution in [0.25, 0.3) is 0 Å². The summed E-state index contributed by atoms with van der Waals surface area (Å²) in [7, 11) is 1.76. The van der Waals surface area contributed by atoms with Crippen LogP contribution in [0.4, 0.5) is 13.2 Å². The molecule has 2 atom stereocenters. The first-order chi connectivity index (χ1) is 12.2. The highest BCUT2D eigenvalue weighted by Gasteiger charge is 2.52. The predicted octanol–water partition coefficient (Wildman–Crippen LogP) is 3.50. The summed E-state index contributed by atoms with van der Waals surface area (Å²) in [6.07, 6.45) is 0.0438. The zero-order chi connectivity index (χ0) is 18.9. The van der Waals surface area contributed by atoms with E-state index >= 15 is 0 Å². The Hall–Kier alpha value is -2.05. The van der Waals surface area contributed by atoms with Crippen molar-refractivity contribution in [3.8, 4) is 0 Å². The van der Waals surface area contributed by atoms with E-state index in [1.807, 2.05) is 0 Å². The average molecular weight is 368 g/mol. The molecule has 4 nitrogen and oxygen atoms in total. The largest absolute Gasteiger partial charge is 0.416 e. The van der Waals surface area contributed by atoms with Gasteiger partial charge < -0.3 is 10.2 Å². The second kappa shape index (κ2) is 6.93. The maximum atomic E-state index is 13.0. The molecule has 0 radical (unpaired) electrons. The summed E-state index contributed by atoms with van der Waals surface area (Å²) in [5, 5.41) is 2.89. The van der Waals surface area contributed by atoms with Crippen molar-refractivity contribution in [3.05, 3.63) is 35.4 Å². The van der Waals surface area contributed by atoms with Gasteiger partial charge in [0.25, 0.3) is 0 Å². The second-order valence-corrected chi connectivity index (χ2v) is 7.30. The molecular weight excluding hydrogens is 345 g/mol. The van der Waals surface area contributed by atoms with Gasteiger partial charge in [0.1, 0.15) is 0 Å². The van der Waals surface area contributed by atoms with E-state index in [1.54, 1.807) is 11.9 Å². The highest BCUT2D eigenvalue weighted by molar-refractivity contribution is 5.87. The molecule has 142 valence electrons. The van der Waals surface area contributed by atoms with E-state index in [0.29, 0.717) is 18.4 Å². The Morgan fingerprint density at radius 2 is 1.92 bits per heavy atom. The van der Waals surface area contributed by atoms with Crippen LogP contribution in [0.2, 0.25) is 0 Å². The van der Waals surface area contributed by atoms with E-state index in [2.05, 4.69) is 5.32 Å². The molecule has 1 N–H and O–H groups in total. The first-order valence-corrected chi connectivity index (χ1v) is 8.94. The lowest BCUT2D eigenvalue weighted by Crippen LogP contribution is -2.60. The fraction of sp³-hybridized carbons (Fsp3) is 0.579. The number of hydrogen-bond acceptors (Lipinski definition) is 2. The van der Waals surface area contributed by atoms with Crippen molar-refractivity contribution >= 4 is 11.8 Å². The Morgan fingerprint density at radius 3 is 2.58 bits per heavy atom. The van der Waals surface area contributed by atoms with Gasteiger partial charge in [-0.2, -0.15) is 13.2 Å². The summed E-state index contributed by atoms with van der Waals surface area (Å²) in [4.78, 5) is 26.7. The van der Waals surface area contributed by atoms with Gasteiger partial charge in [0.05, 0.1) is 11.0 Å². The van der Waals surface area contributed by atoms with Crippen LogP contribution in [0.1, 0.15) is 49.7 Å². The molecule has 1 aliphatic heterocycles.